The highest BCUT2D eigenvalue weighted by atomic mass is 16.5. The second kappa shape index (κ2) is 13.8. The summed E-state index contributed by atoms with van der Waals surface area (Å²) in [6, 6.07) is 21.9. The van der Waals surface area contributed by atoms with Crippen LogP contribution < -0.4 is 0 Å². The van der Waals surface area contributed by atoms with Gasteiger partial charge in [0.15, 0.2) is 0 Å². The number of carbonyl (C=O) groups is 2. The Hall–Kier alpha value is -3.25. The maximum absolute atomic E-state index is 13.0. The number of nitrogens with zero attached hydrogens (tertiary/aromatic N) is 3. The first-order valence-electron chi connectivity index (χ1n) is 15.9. The van der Waals surface area contributed by atoms with E-state index in [9.17, 15) is 9.59 Å². The van der Waals surface area contributed by atoms with Crippen molar-refractivity contribution in [1.82, 2.24) is 9.80 Å². The molecule has 0 N–H and O–H groups in total. The number of carbonyl (C=O) groups excluding carboxylic acids is 2. The Bertz CT molecular complexity index is 1220. The second-order valence-corrected chi connectivity index (χ2v) is 12.5. The fourth-order valence-electron chi connectivity index (χ4n) is 7.99. The minimum absolute atomic E-state index is 0.0316. The Morgan fingerprint density at radius 1 is 0.976 bits per heavy atom. The number of hydrogen-bond acceptors (Lipinski definition) is 5. The molecule has 0 spiro atoms. The first kappa shape index (κ1) is 30.2. The molecule has 6 heteroatoms. The van der Waals surface area contributed by atoms with Crippen LogP contribution in [-0.2, 0) is 19.7 Å². The Morgan fingerprint density at radius 2 is 1.57 bits per heavy atom. The highest BCUT2D eigenvalue weighted by Crippen LogP contribution is 2.44. The van der Waals surface area contributed by atoms with Crippen LogP contribution >= 0.6 is 0 Å². The van der Waals surface area contributed by atoms with Crippen LogP contribution in [0.4, 0.5) is 0 Å². The van der Waals surface area contributed by atoms with Gasteiger partial charge in [-0.25, -0.2) is 0 Å². The fourth-order valence-corrected chi connectivity index (χ4v) is 7.99. The lowest BCUT2D eigenvalue weighted by Gasteiger charge is -2.43. The molecule has 1 saturated carbocycles. The molecule has 224 valence electrons. The van der Waals surface area contributed by atoms with Crippen molar-refractivity contribution >= 4 is 18.1 Å². The van der Waals surface area contributed by atoms with Crippen molar-refractivity contribution in [2.75, 3.05) is 33.3 Å². The SMILES string of the molecule is COC(=O)C1C(C)=NC(C)=C(N(C=O)CCCN2CCC(c3ccccc3)(c3ccccc3)CC2)C1C1CCCCC1. The molecule has 6 nitrogen and oxygen atoms in total. The van der Waals surface area contributed by atoms with Crippen molar-refractivity contribution < 1.29 is 14.3 Å². The van der Waals surface area contributed by atoms with Crippen molar-refractivity contribution in [2.24, 2.45) is 22.7 Å². The van der Waals surface area contributed by atoms with Gasteiger partial charge in [-0.2, -0.15) is 0 Å². The molecule has 3 aliphatic rings. The number of allylic oxidation sites excluding steroid dienone is 2. The third-order valence-electron chi connectivity index (χ3n) is 10.1. The van der Waals surface area contributed by atoms with Gasteiger partial charge in [-0.05, 0) is 82.6 Å². The lowest BCUT2D eigenvalue weighted by molar-refractivity contribution is -0.145. The second-order valence-electron chi connectivity index (χ2n) is 12.5. The first-order valence-corrected chi connectivity index (χ1v) is 15.9. The number of hydrogen-bond donors (Lipinski definition) is 0. The van der Waals surface area contributed by atoms with Gasteiger partial charge in [0.2, 0.25) is 6.41 Å². The summed E-state index contributed by atoms with van der Waals surface area (Å²) < 4.78 is 5.26. The topological polar surface area (TPSA) is 62.2 Å². The summed E-state index contributed by atoms with van der Waals surface area (Å²) >= 11 is 0. The Morgan fingerprint density at radius 3 is 2.12 bits per heavy atom. The lowest BCUT2D eigenvalue weighted by atomic mass is 9.68. The van der Waals surface area contributed by atoms with Crippen LogP contribution in [0.5, 0.6) is 0 Å². The van der Waals surface area contributed by atoms with Gasteiger partial charge in [0.25, 0.3) is 0 Å². The summed E-state index contributed by atoms with van der Waals surface area (Å²) in [5.74, 6) is -0.374. The van der Waals surface area contributed by atoms with E-state index in [4.69, 9.17) is 9.73 Å². The van der Waals surface area contributed by atoms with Crippen LogP contribution in [0, 0.1) is 17.8 Å². The van der Waals surface area contributed by atoms with Crippen LogP contribution in [0.25, 0.3) is 0 Å². The predicted octanol–water partition coefficient (Wildman–Crippen LogP) is 6.61. The van der Waals surface area contributed by atoms with Crippen molar-refractivity contribution in [3.8, 4) is 0 Å². The van der Waals surface area contributed by atoms with Crippen LogP contribution in [0.2, 0.25) is 0 Å². The van der Waals surface area contributed by atoms with E-state index in [0.29, 0.717) is 12.5 Å². The van der Waals surface area contributed by atoms with Crippen LogP contribution in [0.3, 0.4) is 0 Å². The molecule has 1 aliphatic carbocycles. The summed E-state index contributed by atoms with van der Waals surface area (Å²) in [5.41, 5.74) is 5.43. The number of rotatable bonds is 10. The summed E-state index contributed by atoms with van der Waals surface area (Å²) in [6.07, 6.45) is 9.71. The zero-order valence-corrected chi connectivity index (χ0v) is 25.6. The molecule has 2 aromatic carbocycles. The van der Waals surface area contributed by atoms with Gasteiger partial charge in [0.05, 0.1) is 12.8 Å². The zero-order chi connectivity index (χ0) is 29.5. The van der Waals surface area contributed by atoms with Gasteiger partial charge in [-0.1, -0.05) is 79.9 Å². The monoisotopic (exact) mass is 569 g/mol. The number of ether oxygens (including phenoxy) is 1. The molecule has 0 bridgehead atoms. The van der Waals surface area contributed by atoms with Gasteiger partial charge in [0.1, 0.15) is 5.92 Å². The number of aliphatic imine (C=N–C) groups is 1. The Balaban J connectivity index is 1.28. The average molecular weight is 570 g/mol. The maximum Gasteiger partial charge on any atom is 0.315 e. The largest absolute Gasteiger partial charge is 0.468 e. The first-order chi connectivity index (χ1) is 20.5. The number of benzene rings is 2. The summed E-state index contributed by atoms with van der Waals surface area (Å²) in [7, 11) is 1.46. The van der Waals surface area contributed by atoms with Crippen LogP contribution in [0.15, 0.2) is 77.1 Å². The highest BCUT2D eigenvalue weighted by Gasteiger charge is 2.44. The van der Waals surface area contributed by atoms with Crippen LogP contribution in [0.1, 0.15) is 76.3 Å². The lowest BCUT2D eigenvalue weighted by Crippen LogP contribution is -2.45. The molecule has 2 atom stereocenters. The standard InChI is InChI=1S/C36H47N3O3/c1-27-32(35(41)42-3)33(29-14-7-4-8-15-29)34(28(2)37-27)39(26-40)23-13-22-38-24-20-36(21-25-38,30-16-9-5-10-17-30)31-18-11-6-12-19-31/h5-6,9-12,16-19,26,29,32-33H,4,7-8,13-15,20-25H2,1-3H3. The van der Waals surface area contributed by atoms with Gasteiger partial charge in [-0.15, -0.1) is 0 Å². The molecule has 2 heterocycles. The molecule has 2 aromatic rings. The molecular formula is C36H47N3O3. The third kappa shape index (κ3) is 6.24. The van der Waals surface area contributed by atoms with E-state index in [2.05, 4.69) is 65.6 Å². The Labute approximate surface area is 251 Å². The molecule has 1 amide bonds. The molecule has 5 rings (SSSR count). The summed E-state index contributed by atoms with van der Waals surface area (Å²) in [5, 5.41) is 0. The summed E-state index contributed by atoms with van der Waals surface area (Å²) in [6.45, 7) is 7.53. The molecule has 1 saturated heterocycles. The third-order valence-corrected chi connectivity index (χ3v) is 10.1. The quantitative estimate of drug-likeness (QED) is 0.239. The van der Waals surface area contributed by atoms with Gasteiger partial charge >= 0.3 is 5.97 Å². The van der Waals surface area contributed by atoms with Crippen molar-refractivity contribution in [3.63, 3.8) is 0 Å². The number of esters is 1. The zero-order valence-electron chi connectivity index (χ0n) is 25.6. The number of likely N-dealkylation sites (tertiary alicyclic amines) is 1. The smallest absolute Gasteiger partial charge is 0.315 e. The van der Waals surface area contributed by atoms with E-state index >= 15 is 0 Å². The molecule has 2 fully saturated rings. The molecule has 0 aromatic heterocycles. The van der Waals surface area contributed by atoms with Crippen molar-refractivity contribution in [3.05, 3.63) is 83.2 Å². The molecule has 42 heavy (non-hydrogen) atoms. The van der Waals surface area contributed by atoms with E-state index in [1.54, 1.807) is 0 Å². The summed E-state index contributed by atoms with van der Waals surface area (Å²) in [4.78, 5) is 34.8. The number of piperidine rings is 1. The van der Waals surface area contributed by atoms with E-state index in [1.165, 1.54) is 37.5 Å². The minimum Gasteiger partial charge on any atom is -0.468 e. The molecule has 2 unspecified atom stereocenters. The van der Waals surface area contributed by atoms with E-state index < -0.39 is 5.92 Å². The molecule has 2 aliphatic heterocycles. The van der Waals surface area contributed by atoms with E-state index in [0.717, 1.165) is 75.3 Å². The van der Waals surface area contributed by atoms with Crippen LogP contribution in [-0.4, -0.2) is 61.2 Å². The minimum atomic E-state index is -0.426. The normalized spacial score (nSPS) is 23.3. The number of amides is 1. The van der Waals surface area contributed by atoms with Gasteiger partial charge in [-0.3, -0.25) is 14.6 Å². The predicted molar refractivity (Wildman–Crippen MR) is 168 cm³/mol. The van der Waals surface area contributed by atoms with Crippen molar-refractivity contribution in [1.29, 1.82) is 0 Å². The number of methoxy groups -OCH3 is 1. The van der Waals surface area contributed by atoms with Gasteiger partial charge < -0.3 is 14.5 Å². The Kier molecular flexibility index (Phi) is 9.94. The van der Waals surface area contributed by atoms with Gasteiger partial charge in [0, 0.05) is 29.3 Å². The van der Waals surface area contributed by atoms with E-state index in [1.807, 2.05) is 18.7 Å². The maximum atomic E-state index is 13.0. The highest BCUT2D eigenvalue weighted by molar-refractivity contribution is 6.02. The van der Waals surface area contributed by atoms with Crippen molar-refractivity contribution in [2.45, 2.75) is 70.6 Å². The molecule has 0 radical (unpaired) electrons. The average Bonchev–Trinajstić information content (AvgIpc) is 3.04. The molecular weight excluding hydrogens is 522 g/mol. The van der Waals surface area contributed by atoms with E-state index in [-0.39, 0.29) is 17.3 Å². The fraction of sp³-hybridized carbons (Fsp3) is 0.528.